The lowest BCUT2D eigenvalue weighted by Gasteiger charge is -2.22. The van der Waals surface area contributed by atoms with Crippen molar-refractivity contribution in [2.45, 2.75) is 31.6 Å². The van der Waals surface area contributed by atoms with E-state index in [2.05, 4.69) is 24.3 Å². The molecule has 0 aromatic heterocycles. The molecule has 1 heterocycles. The van der Waals surface area contributed by atoms with E-state index in [0.717, 1.165) is 26.1 Å². The second-order valence-electron chi connectivity index (χ2n) is 4.64. The minimum absolute atomic E-state index is 0.219. The molecule has 0 spiro atoms. The Labute approximate surface area is 97.3 Å². The molecule has 2 rings (SSSR count). The van der Waals surface area contributed by atoms with Gasteiger partial charge in [0.05, 0.1) is 0 Å². The number of hydrogen-bond donors (Lipinski definition) is 1. The first-order chi connectivity index (χ1) is 7.81. The van der Waals surface area contributed by atoms with Crippen molar-refractivity contribution in [3.05, 3.63) is 35.4 Å². The van der Waals surface area contributed by atoms with E-state index in [1.54, 1.807) is 0 Å². The molecule has 1 N–H and O–H groups in total. The first kappa shape index (κ1) is 11.6. The van der Waals surface area contributed by atoms with Crippen molar-refractivity contribution in [2.75, 3.05) is 19.8 Å². The van der Waals surface area contributed by atoms with Crippen LogP contribution in [-0.2, 0) is 4.74 Å². The highest BCUT2D eigenvalue weighted by Crippen LogP contribution is 2.27. The van der Waals surface area contributed by atoms with E-state index in [-0.39, 0.29) is 12.5 Å². The number of aliphatic hydroxyl groups excluding tert-OH is 1. The van der Waals surface area contributed by atoms with Crippen LogP contribution in [0.25, 0.3) is 0 Å². The van der Waals surface area contributed by atoms with E-state index in [1.807, 2.05) is 6.92 Å². The number of ether oxygens (including phenoxy) is 1. The molecule has 16 heavy (non-hydrogen) atoms. The molecule has 1 aliphatic rings. The van der Waals surface area contributed by atoms with Crippen molar-refractivity contribution in [3.8, 4) is 0 Å². The summed E-state index contributed by atoms with van der Waals surface area (Å²) >= 11 is 0. The highest BCUT2D eigenvalue weighted by atomic mass is 16.5. The van der Waals surface area contributed by atoms with Crippen molar-refractivity contribution >= 4 is 0 Å². The van der Waals surface area contributed by atoms with Crippen molar-refractivity contribution in [1.82, 2.24) is 0 Å². The Morgan fingerprint density at radius 3 is 2.44 bits per heavy atom. The van der Waals surface area contributed by atoms with Gasteiger partial charge in [-0.3, -0.25) is 0 Å². The maximum Gasteiger partial charge on any atom is 0.0497 e. The number of benzene rings is 1. The molecule has 2 heteroatoms. The predicted octanol–water partition coefficient (Wildman–Crippen LogP) is 2.68. The van der Waals surface area contributed by atoms with Gasteiger partial charge in [-0.1, -0.05) is 31.2 Å². The Hall–Kier alpha value is -0.860. The Kier molecular flexibility index (Phi) is 3.97. The molecule has 1 atom stereocenters. The monoisotopic (exact) mass is 220 g/mol. The minimum Gasteiger partial charge on any atom is -0.396 e. The second kappa shape index (κ2) is 5.46. The summed E-state index contributed by atoms with van der Waals surface area (Å²) in [5.41, 5.74) is 2.63. The standard InChI is InChI=1S/C14H20O2/c1-11(10-15)12-2-4-13(5-3-12)14-6-8-16-9-7-14/h2-5,11,14-15H,6-10H2,1H3. The molecule has 1 aliphatic heterocycles. The average Bonchev–Trinajstić information content (AvgIpc) is 2.39. The zero-order valence-corrected chi connectivity index (χ0v) is 9.86. The van der Waals surface area contributed by atoms with Crippen molar-refractivity contribution in [2.24, 2.45) is 0 Å². The fourth-order valence-electron chi connectivity index (χ4n) is 2.23. The van der Waals surface area contributed by atoms with Gasteiger partial charge >= 0.3 is 0 Å². The number of hydrogen-bond acceptors (Lipinski definition) is 2. The molecular formula is C14H20O2. The lowest BCUT2D eigenvalue weighted by Crippen LogP contribution is -2.14. The first-order valence-corrected chi connectivity index (χ1v) is 6.09. The van der Waals surface area contributed by atoms with E-state index < -0.39 is 0 Å². The van der Waals surface area contributed by atoms with Crippen LogP contribution in [0.1, 0.15) is 42.7 Å². The van der Waals surface area contributed by atoms with Gasteiger partial charge in [0.2, 0.25) is 0 Å². The third-order valence-electron chi connectivity index (χ3n) is 3.47. The Morgan fingerprint density at radius 1 is 1.25 bits per heavy atom. The lowest BCUT2D eigenvalue weighted by molar-refractivity contribution is 0.0853. The molecule has 2 nitrogen and oxygen atoms in total. The van der Waals surface area contributed by atoms with Crippen LogP contribution < -0.4 is 0 Å². The van der Waals surface area contributed by atoms with Crippen molar-refractivity contribution < 1.29 is 9.84 Å². The van der Waals surface area contributed by atoms with Gasteiger partial charge in [0.25, 0.3) is 0 Å². The smallest absolute Gasteiger partial charge is 0.0497 e. The summed E-state index contributed by atoms with van der Waals surface area (Å²) in [4.78, 5) is 0. The van der Waals surface area contributed by atoms with Crippen LogP contribution in [0.5, 0.6) is 0 Å². The lowest BCUT2D eigenvalue weighted by atomic mass is 9.90. The van der Waals surface area contributed by atoms with E-state index in [0.29, 0.717) is 5.92 Å². The van der Waals surface area contributed by atoms with Gasteiger partial charge in [-0.2, -0.15) is 0 Å². The predicted molar refractivity (Wildman–Crippen MR) is 64.7 cm³/mol. The Bertz CT molecular complexity index is 312. The van der Waals surface area contributed by atoms with Gasteiger partial charge in [-0.25, -0.2) is 0 Å². The summed E-state index contributed by atoms with van der Waals surface area (Å²) in [6.07, 6.45) is 2.27. The van der Waals surface area contributed by atoms with Crippen molar-refractivity contribution in [3.63, 3.8) is 0 Å². The van der Waals surface area contributed by atoms with Crippen LogP contribution in [0.2, 0.25) is 0 Å². The normalized spacial score (nSPS) is 19.6. The molecule has 1 unspecified atom stereocenters. The van der Waals surface area contributed by atoms with Crippen molar-refractivity contribution in [1.29, 1.82) is 0 Å². The first-order valence-electron chi connectivity index (χ1n) is 6.09. The highest BCUT2D eigenvalue weighted by molar-refractivity contribution is 5.27. The van der Waals surface area contributed by atoms with Crippen LogP contribution in [0.4, 0.5) is 0 Å². The van der Waals surface area contributed by atoms with E-state index in [9.17, 15) is 0 Å². The summed E-state index contributed by atoms with van der Waals surface area (Å²) in [5.74, 6) is 0.899. The molecule has 0 radical (unpaired) electrons. The van der Waals surface area contributed by atoms with E-state index in [1.165, 1.54) is 11.1 Å². The topological polar surface area (TPSA) is 29.5 Å². The summed E-state index contributed by atoms with van der Waals surface area (Å²) in [6.45, 7) is 4.04. The van der Waals surface area contributed by atoms with Crippen LogP contribution in [0, 0.1) is 0 Å². The molecule has 88 valence electrons. The molecule has 0 amide bonds. The molecule has 0 aliphatic carbocycles. The molecule has 1 saturated heterocycles. The third-order valence-corrected chi connectivity index (χ3v) is 3.47. The fourth-order valence-corrected chi connectivity index (χ4v) is 2.23. The second-order valence-corrected chi connectivity index (χ2v) is 4.64. The summed E-state index contributed by atoms with van der Waals surface area (Å²) < 4.78 is 5.37. The van der Waals surface area contributed by atoms with Gasteiger partial charge in [0.15, 0.2) is 0 Å². The zero-order chi connectivity index (χ0) is 11.4. The minimum atomic E-state index is 0.219. The number of aliphatic hydroxyl groups is 1. The van der Waals surface area contributed by atoms with Gasteiger partial charge < -0.3 is 9.84 Å². The molecular weight excluding hydrogens is 200 g/mol. The van der Waals surface area contributed by atoms with Gasteiger partial charge in [-0.05, 0) is 29.9 Å². The summed E-state index contributed by atoms with van der Waals surface area (Å²) in [5, 5.41) is 9.09. The molecule has 1 aromatic rings. The van der Waals surface area contributed by atoms with Crippen LogP contribution in [-0.4, -0.2) is 24.9 Å². The maximum absolute atomic E-state index is 9.09. The molecule has 0 saturated carbocycles. The van der Waals surface area contributed by atoms with E-state index >= 15 is 0 Å². The average molecular weight is 220 g/mol. The third kappa shape index (κ3) is 2.63. The zero-order valence-electron chi connectivity index (χ0n) is 9.86. The molecule has 1 fully saturated rings. The maximum atomic E-state index is 9.09. The van der Waals surface area contributed by atoms with Gasteiger partial charge in [-0.15, -0.1) is 0 Å². The Morgan fingerprint density at radius 2 is 1.88 bits per heavy atom. The van der Waals surface area contributed by atoms with Crippen LogP contribution >= 0.6 is 0 Å². The van der Waals surface area contributed by atoms with E-state index in [4.69, 9.17) is 9.84 Å². The Balaban J connectivity index is 2.06. The van der Waals surface area contributed by atoms with Crippen LogP contribution in [0.15, 0.2) is 24.3 Å². The highest BCUT2D eigenvalue weighted by Gasteiger charge is 2.15. The van der Waals surface area contributed by atoms with Crippen LogP contribution in [0.3, 0.4) is 0 Å². The SMILES string of the molecule is CC(CO)c1ccc(C2CCOCC2)cc1. The number of rotatable bonds is 3. The summed E-state index contributed by atoms with van der Waals surface area (Å²) in [6, 6.07) is 8.70. The van der Waals surface area contributed by atoms with Gasteiger partial charge in [0.1, 0.15) is 0 Å². The molecule has 0 bridgehead atoms. The largest absolute Gasteiger partial charge is 0.396 e. The quantitative estimate of drug-likeness (QED) is 0.848. The summed E-state index contributed by atoms with van der Waals surface area (Å²) in [7, 11) is 0. The fraction of sp³-hybridized carbons (Fsp3) is 0.571. The van der Waals surface area contributed by atoms with Gasteiger partial charge in [0, 0.05) is 25.7 Å². The molecule has 1 aromatic carbocycles.